The second-order valence-corrected chi connectivity index (χ2v) is 3.34. The van der Waals surface area contributed by atoms with E-state index in [1.807, 2.05) is 0 Å². The standard InChI is InChI=1S/C10H18O5/c1-6-7(5-11)15-10(14-4)9(13-3)8(6)12-2/h7-11H,1,5H2,2-4H3/t7-,8+,9-,10+/m1/s1. The van der Waals surface area contributed by atoms with Gasteiger partial charge in [0, 0.05) is 21.3 Å². The average Bonchev–Trinajstić information content (AvgIpc) is 2.28. The van der Waals surface area contributed by atoms with Crippen molar-refractivity contribution in [1.82, 2.24) is 0 Å². The molecular weight excluding hydrogens is 200 g/mol. The molecule has 0 amide bonds. The summed E-state index contributed by atoms with van der Waals surface area (Å²) in [6.07, 6.45) is -1.71. The van der Waals surface area contributed by atoms with Gasteiger partial charge in [-0.05, 0) is 5.57 Å². The molecule has 1 N–H and O–H groups in total. The topological polar surface area (TPSA) is 57.2 Å². The van der Waals surface area contributed by atoms with Crippen molar-refractivity contribution in [3.63, 3.8) is 0 Å². The number of aliphatic hydroxyl groups excluding tert-OH is 1. The number of hydrogen-bond acceptors (Lipinski definition) is 5. The van der Waals surface area contributed by atoms with Crippen molar-refractivity contribution in [2.75, 3.05) is 27.9 Å². The average molecular weight is 218 g/mol. The van der Waals surface area contributed by atoms with Crippen molar-refractivity contribution in [3.05, 3.63) is 12.2 Å². The summed E-state index contributed by atoms with van der Waals surface area (Å²) in [5.41, 5.74) is 0.667. The second-order valence-electron chi connectivity index (χ2n) is 3.34. The Balaban J connectivity index is 2.83. The normalized spacial score (nSPS) is 36.9. The van der Waals surface area contributed by atoms with Crippen molar-refractivity contribution >= 4 is 0 Å². The van der Waals surface area contributed by atoms with Gasteiger partial charge < -0.3 is 24.1 Å². The third kappa shape index (κ3) is 2.38. The third-order valence-electron chi connectivity index (χ3n) is 2.57. The molecule has 1 fully saturated rings. The van der Waals surface area contributed by atoms with Crippen LogP contribution in [-0.4, -0.2) is 57.6 Å². The molecule has 1 aliphatic heterocycles. The number of ether oxygens (including phenoxy) is 4. The van der Waals surface area contributed by atoms with Crippen LogP contribution in [0.1, 0.15) is 0 Å². The van der Waals surface area contributed by atoms with E-state index in [0.717, 1.165) is 0 Å². The van der Waals surface area contributed by atoms with Crippen molar-refractivity contribution in [1.29, 1.82) is 0 Å². The van der Waals surface area contributed by atoms with Crippen molar-refractivity contribution in [2.45, 2.75) is 24.6 Å². The van der Waals surface area contributed by atoms with Crippen LogP contribution in [0.4, 0.5) is 0 Å². The lowest BCUT2D eigenvalue weighted by Crippen LogP contribution is -2.53. The minimum Gasteiger partial charge on any atom is -0.393 e. The lowest BCUT2D eigenvalue weighted by atomic mass is 9.97. The Kier molecular flexibility index (Phi) is 4.69. The molecule has 5 nitrogen and oxygen atoms in total. The first-order valence-corrected chi connectivity index (χ1v) is 4.73. The molecule has 0 unspecified atom stereocenters. The third-order valence-corrected chi connectivity index (χ3v) is 2.57. The van der Waals surface area contributed by atoms with Gasteiger partial charge in [0.25, 0.3) is 0 Å². The zero-order valence-corrected chi connectivity index (χ0v) is 9.30. The van der Waals surface area contributed by atoms with Crippen molar-refractivity contribution in [3.8, 4) is 0 Å². The highest BCUT2D eigenvalue weighted by molar-refractivity contribution is 5.15. The lowest BCUT2D eigenvalue weighted by Gasteiger charge is -2.40. The summed E-state index contributed by atoms with van der Waals surface area (Å²) in [7, 11) is 4.64. The van der Waals surface area contributed by atoms with Gasteiger partial charge in [-0.25, -0.2) is 0 Å². The van der Waals surface area contributed by atoms with E-state index in [2.05, 4.69) is 6.58 Å². The molecule has 0 bridgehead atoms. The molecule has 5 heteroatoms. The van der Waals surface area contributed by atoms with Crippen LogP contribution >= 0.6 is 0 Å². The van der Waals surface area contributed by atoms with E-state index in [-0.39, 0.29) is 18.8 Å². The Morgan fingerprint density at radius 3 is 2.33 bits per heavy atom. The van der Waals surface area contributed by atoms with Crippen LogP contribution in [0.2, 0.25) is 0 Å². The second kappa shape index (κ2) is 5.58. The molecule has 15 heavy (non-hydrogen) atoms. The fourth-order valence-corrected chi connectivity index (χ4v) is 1.73. The summed E-state index contributed by atoms with van der Waals surface area (Å²) in [6, 6.07) is 0. The largest absolute Gasteiger partial charge is 0.393 e. The van der Waals surface area contributed by atoms with E-state index in [9.17, 15) is 0 Å². The van der Waals surface area contributed by atoms with E-state index in [1.54, 1.807) is 14.2 Å². The zero-order chi connectivity index (χ0) is 11.4. The van der Waals surface area contributed by atoms with Gasteiger partial charge in [0.05, 0.1) is 6.61 Å². The minimum atomic E-state index is -0.553. The number of rotatable bonds is 4. The van der Waals surface area contributed by atoms with Gasteiger partial charge >= 0.3 is 0 Å². The van der Waals surface area contributed by atoms with Crippen LogP contribution < -0.4 is 0 Å². The van der Waals surface area contributed by atoms with Gasteiger partial charge in [-0.3, -0.25) is 0 Å². The summed E-state index contributed by atoms with van der Waals surface area (Å²) in [4.78, 5) is 0. The van der Waals surface area contributed by atoms with Crippen molar-refractivity contribution in [2.24, 2.45) is 0 Å². The minimum absolute atomic E-state index is 0.144. The fourth-order valence-electron chi connectivity index (χ4n) is 1.73. The molecule has 0 radical (unpaired) electrons. The first-order valence-electron chi connectivity index (χ1n) is 4.73. The van der Waals surface area contributed by atoms with Gasteiger partial charge in [-0.1, -0.05) is 6.58 Å². The SMILES string of the molecule is C=C1[C@@H](CO)O[C@H](OC)[C@H](OC)[C@H]1OC. The van der Waals surface area contributed by atoms with E-state index in [0.29, 0.717) is 5.57 Å². The van der Waals surface area contributed by atoms with E-state index >= 15 is 0 Å². The van der Waals surface area contributed by atoms with Crippen molar-refractivity contribution < 1.29 is 24.1 Å². The fraction of sp³-hybridized carbons (Fsp3) is 0.800. The smallest absolute Gasteiger partial charge is 0.187 e. The first-order chi connectivity index (χ1) is 7.19. The Labute approximate surface area is 89.6 Å². The van der Waals surface area contributed by atoms with Crippen LogP contribution in [-0.2, 0) is 18.9 Å². The molecule has 1 aliphatic rings. The Morgan fingerprint density at radius 2 is 1.93 bits per heavy atom. The van der Waals surface area contributed by atoms with Gasteiger partial charge in [0.2, 0.25) is 0 Å². The highest BCUT2D eigenvalue weighted by Gasteiger charge is 2.41. The zero-order valence-electron chi connectivity index (χ0n) is 9.30. The molecule has 4 atom stereocenters. The van der Waals surface area contributed by atoms with E-state index < -0.39 is 12.4 Å². The van der Waals surface area contributed by atoms with Crippen LogP contribution in [0.15, 0.2) is 12.2 Å². The maximum Gasteiger partial charge on any atom is 0.187 e. The predicted octanol–water partition coefficient (Wildman–Crippen LogP) is -0.0638. The first kappa shape index (κ1) is 12.6. The quantitative estimate of drug-likeness (QED) is 0.670. The number of aliphatic hydroxyl groups is 1. The molecule has 0 aromatic rings. The molecule has 1 heterocycles. The highest BCUT2D eigenvalue weighted by Crippen LogP contribution is 2.28. The van der Waals surface area contributed by atoms with Gasteiger partial charge in [-0.2, -0.15) is 0 Å². The lowest BCUT2D eigenvalue weighted by molar-refractivity contribution is -0.251. The van der Waals surface area contributed by atoms with E-state index in [4.69, 9.17) is 24.1 Å². The Bertz CT molecular complexity index is 218. The van der Waals surface area contributed by atoms with Crippen LogP contribution in [0.25, 0.3) is 0 Å². The molecule has 0 saturated carbocycles. The molecule has 0 aliphatic carbocycles. The highest BCUT2D eigenvalue weighted by atomic mass is 16.7. The summed E-state index contributed by atoms with van der Waals surface area (Å²) >= 11 is 0. The maximum atomic E-state index is 9.11. The summed E-state index contributed by atoms with van der Waals surface area (Å²) in [5.74, 6) is 0. The number of methoxy groups -OCH3 is 3. The maximum absolute atomic E-state index is 9.11. The van der Waals surface area contributed by atoms with Crippen LogP contribution in [0.3, 0.4) is 0 Å². The molecule has 0 aromatic heterocycles. The summed E-state index contributed by atoms with van der Waals surface area (Å²) in [5, 5.41) is 9.11. The summed E-state index contributed by atoms with van der Waals surface area (Å²) in [6.45, 7) is 3.70. The Morgan fingerprint density at radius 1 is 1.27 bits per heavy atom. The van der Waals surface area contributed by atoms with Crippen LogP contribution in [0.5, 0.6) is 0 Å². The van der Waals surface area contributed by atoms with Gasteiger partial charge in [-0.15, -0.1) is 0 Å². The Hall–Kier alpha value is -0.460. The molecule has 1 saturated heterocycles. The van der Waals surface area contributed by atoms with Crippen LogP contribution in [0, 0.1) is 0 Å². The molecule has 88 valence electrons. The van der Waals surface area contributed by atoms with Gasteiger partial charge in [0.15, 0.2) is 6.29 Å². The van der Waals surface area contributed by atoms with E-state index in [1.165, 1.54) is 7.11 Å². The van der Waals surface area contributed by atoms with Gasteiger partial charge in [0.1, 0.15) is 18.3 Å². The molecule has 0 aromatic carbocycles. The molecular formula is C10H18O5. The number of hydrogen-bond donors (Lipinski definition) is 1. The molecule has 1 rings (SSSR count). The molecule has 0 spiro atoms. The predicted molar refractivity (Wildman–Crippen MR) is 53.5 cm³/mol. The summed E-state index contributed by atoms with van der Waals surface area (Å²) < 4.78 is 21.1. The monoisotopic (exact) mass is 218 g/mol.